The lowest BCUT2D eigenvalue weighted by molar-refractivity contribution is 0.101. The third-order valence-electron chi connectivity index (χ3n) is 3.00. The molecule has 0 radical (unpaired) electrons. The van der Waals surface area contributed by atoms with E-state index >= 15 is 0 Å². The number of likely N-dealkylation sites (N-methyl/N-ethyl adjacent to an activating group) is 1. The fourth-order valence-electron chi connectivity index (χ4n) is 1.19. The summed E-state index contributed by atoms with van der Waals surface area (Å²) in [6.45, 7) is 10.6. The Morgan fingerprint density at radius 3 is 2.00 bits per heavy atom. The zero-order valence-electron chi connectivity index (χ0n) is 8.52. The van der Waals surface area contributed by atoms with Crippen molar-refractivity contribution in [2.75, 3.05) is 20.1 Å². The maximum atomic E-state index is 5.74. The predicted octanol–water partition coefficient (Wildman–Crippen LogP) is 1.31. The monoisotopic (exact) mass is 158 g/mol. The first-order valence-electron chi connectivity index (χ1n) is 4.40. The van der Waals surface area contributed by atoms with Gasteiger partial charge in [0.1, 0.15) is 0 Å². The van der Waals surface area contributed by atoms with Crippen molar-refractivity contribution in [1.82, 2.24) is 4.90 Å². The lowest BCUT2D eigenvalue weighted by atomic mass is 9.87. The average molecular weight is 158 g/mol. The molecule has 0 rings (SSSR count). The molecular weight excluding hydrogens is 136 g/mol. The minimum Gasteiger partial charge on any atom is -0.329 e. The lowest BCUT2D eigenvalue weighted by Gasteiger charge is -2.41. The van der Waals surface area contributed by atoms with Crippen molar-refractivity contribution >= 4 is 0 Å². The number of rotatable bonds is 4. The quantitative estimate of drug-likeness (QED) is 0.668. The molecule has 2 heteroatoms. The molecule has 0 spiro atoms. The maximum Gasteiger partial charge on any atom is 0.0323 e. The van der Waals surface area contributed by atoms with Crippen LogP contribution in [0.3, 0.4) is 0 Å². The summed E-state index contributed by atoms with van der Waals surface area (Å²) in [5, 5.41) is 0. The summed E-state index contributed by atoms with van der Waals surface area (Å²) in [5.41, 5.74) is 5.90. The zero-order valence-corrected chi connectivity index (χ0v) is 8.52. The second-order valence-electron chi connectivity index (χ2n) is 3.73. The summed E-state index contributed by atoms with van der Waals surface area (Å²) in [7, 11) is 2.13. The van der Waals surface area contributed by atoms with Crippen LogP contribution in [0.5, 0.6) is 0 Å². The molecule has 0 saturated heterocycles. The molecule has 0 amide bonds. The van der Waals surface area contributed by atoms with Crippen molar-refractivity contribution in [2.45, 2.75) is 33.2 Å². The lowest BCUT2D eigenvalue weighted by Crippen LogP contribution is -2.53. The highest BCUT2D eigenvalue weighted by atomic mass is 15.2. The van der Waals surface area contributed by atoms with Gasteiger partial charge in [0.15, 0.2) is 0 Å². The molecule has 0 aromatic rings. The summed E-state index contributed by atoms with van der Waals surface area (Å²) < 4.78 is 0. The van der Waals surface area contributed by atoms with Crippen molar-refractivity contribution in [3.05, 3.63) is 0 Å². The van der Waals surface area contributed by atoms with E-state index in [4.69, 9.17) is 5.73 Å². The maximum absolute atomic E-state index is 5.74. The van der Waals surface area contributed by atoms with E-state index in [0.717, 1.165) is 13.1 Å². The Balaban J connectivity index is 4.32. The van der Waals surface area contributed by atoms with Crippen LogP contribution in [-0.2, 0) is 0 Å². The first kappa shape index (κ1) is 10.9. The van der Waals surface area contributed by atoms with E-state index in [1.807, 2.05) is 0 Å². The second kappa shape index (κ2) is 4.07. The van der Waals surface area contributed by atoms with E-state index in [1.54, 1.807) is 0 Å². The van der Waals surface area contributed by atoms with Gasteiger partial charge in [0.25, 0.3) is 0 Å². The molecule has 0 bridgehead atoms. The van der Waals surface area contributed by atoms with Crippen LogP contribution < -0.4 is 5.73 Å². The topological polar surface area (TPSA) is 29.3 Å². The smallest absolute Gasteiger partial charge is 0.0323 e. The van der Waals surface area contributed by atoms with Crippen LogP contribution in [0.1, 0.15) is 27.7 Å². The van der Waals surface area contributed by atoms with Crippen LogP contribution in [-0.4, -0.2) is 30.6 Å². The fraction of sp³-hybridized carbons (Fsp3) is 1.00. The Bertz CT molecular complexity index is 112. The second-order valence-corrected chi connectivity index (χ2v) is 3.73. The van der Waals surface area contributed by atoms with Gasteiger partial charge < -0.3 is 5.73 Å². The van der Waals surface area contributed by atoms with E-state index in [0.29, 0.717) is 5.92 Å². The van der Waals surface area contributed by atoms with Crippen molar-refractivity contribution in [3.8, 4) is 0 Å². The Morgan fingerprint density at radius 1 is 1.45 bits per heavy atom. The van der Waals surface area contributed by atoms with Crippen LogP contribution in [0.4, 0.5) is 0 Å². The number of hydrogen-bond donors (Lipinski definition) is 1. The number of hydrogen-bond acceptors (Lipinski definition) is 2. The summed E-state index contributed by atoms with van der Waals surface area (Å²) in [5.74, 6) is 0.609. The van der Waals surface area contributed by atoms with E-state index in [-0.39, 0.29) is 5.54 Å². The third kappa shape index (κ3) is 2.17. The first-order valence-corrected chi connectivity index (χ1v) is 4.40. The van der Waals surface area contributed by atoms with Gasteiger partial charge in [-0.2, -0.15) is 0 Å². The van der Waals surface area contributed by atoms with E-state index in [9.17, 15) is 0 Å². The standard InChI is InChI=1S/C9H22N2/c1-6-11(5)9(4,7-10)8(2)3/h8H,6-7,10H2,1-5H3. The highest BCUT2D eigenvalue weighted by molar-refractivity contribution is 4.87. The molecule has 0 saturated carbocycles. The van der Waals surface area contributed by atoms with Gasteiger partial charge in [0.2, 0.25) is 0 Å². The van der Waals surface area contributed by atoms with Gasteiger partial charge in [-0.25, -0.2) is 0 Å². The van der Waals surface area contributed by atoms with Gasteiger partial charge in [-0.15, -0.1) is 0 Å². The zero-order chi connectivity index (χ0) is 9.07. The van der Waals surface area contributed by atoms with Crippen LogP contribution in [0.25, 0.3) is 0 Å². The molecule has 0 aromatic carbocycles. The SMILES string of the molecule is CCN(C)C(C)(CN)C(C)C. The molecule has 0 aliphatic rings. The Morgan fingerprint density at radius 2 is 1.91 bits per heavy atom. The summed E-state index contributed by atoms with van der Waals surface area (Å²) in [4.78, 5) is 2.32. The van der Waals surface area contributed by atoms with Crippen molar-refractivity contribution in [3.63, 3.8) is 0 Å². The number of nitrogens with zero attached hydrogens (tertiary/aromatic N) is 1. The summed E-state index contributed by atoms with van der Waals surface area (Å²) >= 11 is 0. The van der Waals surface area contributed by atoms with Crippen molar-refractivity contribution < 1.29 is 0 Å². The molecule has 0 aliphatic heterocycles. The Labute approximate surface area is 70.8 Å². The molecule has 1 unspecified atom stereocenters. The normalized spacial score (nSPS) is 17.5. The van der Waals surface area contributed by atoms with Crippen LogP contribution in [0.2, 0.25) is 0 Å². The van der Waals surface area contributed by atoms with E-state index < -0.39 is 0 Å². The number of nitrogens with two attached hydrogens (primary N) is 1. The van der Waals surface area contributed by atoms with Crippen LogP contribution in [0.15, 0.2) is 0 Å². The third-order valence-corrected chi connectivity index (χ3v) is 3.00. The molecule has 1 atom stereocenters. The minimum atomic E-state index is 0.161. The van der Waals surface area contributed by atoms with E-state index in [1.165, 1.54) is 0 Å². The fourth-order valence-corrected chi connectivity index (χ4v) is 1.19. The molecular formula is C9H22N2. The van der Waals surface area contributed by atoms with E-state index in [2.05, 4.69) is 39.6 Å². The van der Waals surface area contributed by atoms with Gasteiger partial charge in [-0.05, 0) is 26.4 Å². The highest BCUT2D eigenvalue weighted by Crippen LogP contribution is 2.21. The molecule has 11 heavy (non-hydrogen) atoms. The van der Waals surface area contributed by atoms with Crippen LogP contribution in [0, 0.1) is 5.92 Å². The van der Waals surface area contributed by atoms with Crippen LogP contribution >= 0.6 is 0 Å². The largest absolute Gasteiger partial charge is 0.329 e. The Kier molecular flexibility index (Phi) is 4.04. The van der Waals surface area contributed by atoms with Crippen molar-refractivity contribution in [1.29, 1.82) is 0 Å². The highest BCUT2D eigenvalue weighted by Gasteiger charge is 2.29. The first-order chi connectivity index (χ1) is 4.99. The minimum absolute atomic E-state index is 0.161. The van der Waals surface area contributed by atoms with Gasteiger partial charge in [0.05, 0.1) is 0 Å². The molecule has 0 heterocycles. The predicted molar refractivity (Wildman–Crippen MR) is 50.6 cm³/mol. The summed E-state index contributed by atoms with van der Waals surface area (Å²) in [6.07, 6.45) is 0. The molecule has 2 nitrogen and oxygen atoms in total. The molecule has 0 aliphatic carbocycles. The van der Waals surface area contributed by atoms with Gasteiger partial charge in [0, 0.05) is 12.1 Å². The van der Waals surface area contributed by atoms with Gasteiger partial charge in [-0.1, -0.05) is 20.8 Å². The van der Waals surface area contributed by atoms with Gasteiger partial charge in [-0.3, -0.25) is 4.90 Å². The molecule has 0 aromatic heterocycles. The summed E-state index contributed by atoms with van der Waals surface area (Å²) in [6, 6.07) is 0. The molecule has 2 N–H and O–H groups in total. The van der Waals surface area contributed by atoms with Crippen molar-refractivity contribution in [2.24, 2.45) is 11.7 Å². The average Bonchev–Trinajstić information content (AvgIpc) is 2.01. The molecule has 68 valence electrons. The Hall–Kier alpha value is -0.0800. The van der Waals surface area contributed by atoms with Gasteiger partial charge >= 0.3 is 0 Å². The molecule has 0 fully saturated rings.